The van der Waals surface area contributed by atoms with Crippen molar-refractivity contribution in [3.05, 3.63) is 0 Å². The molecule has 30 heavy (non-hydrogen) atoms. The lowest BCUT2D eigenvalue weighted by atomic mass is 10.0. The molecule has 0 aliphatic carbocycles. The molecule has 0 spiro atoms. The predicted octanol–water partition coefficient (Wildman–Crippen LogP) is 10.7. The van der Waals surface area contributed by atoms with E-state index in [1.54, 1.807) is 0 Å². The fourth-order valence-electron chi connectivity index (χ4n) is 4.13. The van der Waals surface area contributed by atoms with Gasteiger partial charge in [-0.25, -0.2) is 0 Å². The molecule has 0 rings (SSSR count). The second-order valence-corrected chi connectivity index (χ2v) is 9.85. The highest BCUT2D eigenvalue weighted by Gasteiger charge is 1.99. The zero-order valence-electron chi connectivity index (χ0n) is 21.0. The van der Waals surface area contributed by atoms with Gasteiger partial charge in [0.05, 0.1) is 6.61 Å². The molecule has 0 aliphatic heterocycles. The highest BCUT2D eigenvalue weighted by molar-refractivity contribution is 7.80. The van der Waals surface area contributed by atoms with Crippen molar-refractivity contribution in [3.8, 4) is 0 Å². The average molecular weight is 441 g/mol. The molecule has 0 amide bonds. The number of ether oxygens (including phenoxy) is 1. The zero-order valence-corrected chi connectivity index (χ0v) is 21.8. The smallest absolute Gasteiger partial charge is 0.159 e. The van der Waals surface area contributed by atoms with E-state index in [2.05, 4.69) is 13.8 Å². The Morgan fingerprint density at radius 3 is 1.10 bits per heavy atom. The number of rotatable bonds is 25. The van der Waals surface area contributed by atoms with Gasteiger partial charge in [-0.15, -0.1) is 0 Å². The average Bonchev–Trinajstić information content (AvgIpc) is 2.75. The number of hydrogen-bond acceptors (Lipinski definition) is 2. The van der Waals surface area contributed by atoms with E-state index in [1.165, 1.54) is 148 Å². The van der Waals surface area contributed by atoms with Crippen LogP contribution in [0.2, 0.25) is 0 Å². The van der Waals surface area contributed by atoms with Crippen molar-refractivity contribution in [1.29, 1.82) is 0 Å². The summed E-state index contributed by atoms with van der Waals surface area (Å²) in [5.41, 5.74) is 0. The Balaban J connectivity index is 3.11. The summed E-state index contributed by atoms with van der Waals surface area (Å²) < 4.78 is 5.74. The van der Waals surface area contributed by atoms with Gasteiger partial charge in [-0.2, -0.15) is 0 Å². The summed E-state index contributed by atoms with van der Waals surface area (Å²) in [5, 5.41) is 0.851. The highest BCUT2D eigenvalue weighted by atomic mass is 32.1. The van der Waals surface area contributed by atoms with Crippen LogP contribution < -0.4 is 0 Å². The molecule has 0 radical (unpaired) electrons. The SMILES string of the molecule is CCCCCCCCCCCCCCCCCCOC(=S)CCCCCCCCC. The summed E-state index contributed by atoms with van der Waals surface area (Å²) >= 11 is 5.36. The van der Waals surface area contributed by atoms with Crippen LogP contribution in [-0.4, -0.2) is 11.7 Å². The molecule has 180 valence electrons. The van der Waals surface area contributed by atoms with E-state index in [0.717, 1.165) is 18.1 Å². The summed E-state index contributed by atoms with van der Waals surface area (Å²) in [6.07, 6.45) is 33.0. The van der Waals surface area contributed by atoms with Gasteiger partial charge in [0, 0.05) is 6.42 Å². The maximum Gasteiger partial charge on any atom is 0.159 e. The predicted molar refractivity (Wildman–Crippen MR) is 141 cm³/mol. The van der Waals surface area contributed by atoms with Crippen LogP contribution in [0.25, 0.3) is 0 Å². The first-order valence-electron chi connectivity index (χ1n) is 14.0. The highest BCUT2D eigenvalue weighted by Crippen LogP contribution is 2.14. The lowest BCUT2D eigenvalue weighted by Gasteiger charge is -2.07. The van der Waals surface area contributed by atoms with Crippen LogP contribution in [0.5, 0.6) is 0 Å². The van der Waals surface area contributed by atoms with Gasteiger partial charge in [-0.3, -0.25) is 0 Å². The van der Waals surface area contributed by atoms with E-state index >= 15 is 0 Å². The van der Waals surface area contributed by atoms with Gasteiger partial charge in [0.25, 0.3) is 0 Å². The monoisotopic (exact) mass is 440 g/mol. The molecule has 1 nitrogen and oxygen atoms in total. The molecular formula is C28H56OS. The van der Waals surface area contributed by atoms with Gasteiger partial charge in [0.15, 0.2) is 5.05 Å². The summed E-state index contributed by atoms with van der Waals surface area (Å²) in [4.78, 5) is 0. The molecule has 0 saturated carbocycles. The number of hydrogen-bond donors (Lipinski definition) is 0. The van der Waals surface area contributed by atoms with Crippen molar-refractivity contribution in [2.45, 2.75) is 168 Å². The lowest BCUT2D eigenvalue weighted by Crippen LogP contribution is -2.03. The Morgan fingerprint density at radius 2 is 0.733 bits per heavy atom. The second-order valence-electron chi connectivity index (χ2n) is 9.40. The molecule has 0 fully saturated rings. The quantitative estimate of drug-likeness (QED) is 0.103. The Kier molecular flexibility index (Phi) is 26.8. The first-order chi connectivity index (χ1) is 14.8. The normalized spacial score (nSPS) is 11.1. The van der Waals surface area contributed by atoms with Crippen LogP contribution in [0.1, 0.15) is 168 Å². The van der Waals surface area contributed by atoms with Gasteiger partial charge in [0.1, 0.15) is 0 Å². The Morgan fingerprint density at radius 1 is 0.433 bits per heavy atom. The van der Waals surface area contributed by atoms with Crippen LogP contribution in [-0.2, 0) is 4.74 Å². The van der Waals surface area contributed by atoms with E-state index in [4.69, 9.17) is 17.0 Å². The van der Waals surface area contributed by atoms with Crippen LogP contribution in [0.4, 0.5) is 0 Å². The molecule has 2 heteroatoms. The summed E-state index contributed by atoms with van der Waals surface area (Å²) in [6.45, 7) is 5.41. The van der Waals surface area contributed by atoms with Crippen molar-refractivity contribution in [3.63, 3.8) is 0 Å². The Hall–Kier alpha value is -0.110. The van der Waals surface area contributed by atoms with Crippen LogP contribution in [0, 0.1) is 0 Å². The number of thiocarbonyl (C=S) groups is 1. The topological polar surface area (TPSA) is 9.23 Å². The molecule has 0 aromatic carbocycles. The van der Waals surface area contributed by atoms with E-state index < -0.39 is 0 Å². The zero-order chi connectivity index (χ0) is 22.0. The fourth-order valence-corrected chi connectivity index (χ4v) is 4.36. The van der Waals surface area contributed by atoms with E-state index in [-0.39, 0.29) is 0 Å². The van der Waals surface area contributed by atoms with Crippen molar-refractivity contribution in [2.75, 3.05) is 6.61 Å². The molecule has 0 saturated heterocycles. The Labute approximate surface area is 196 Å². The molecule has 0 aromatic rings. The fraction of sp³-hybridized carbons (Fsp3) is 0.964. The van der Waals surface area contributed by atoms with E-state index in [9.17, 15) is 0 Å². The largest absolute Gasteiger partial charge is 0.487 e. The van der Waals surface area contributed by atoms with E-state index in [0.29, 0.717) is 0 Å². The molecule has 0 bridgehead atoms. The van der Waals surface area contributed by atoms with Crippen molar-refractivity contribution in [2.24, 2.45) is 0 Å². The third-order valence-electron chi connectivity index (χ3n) is 6.25. The van der Waals surface area contributed by atoms with Crippen molar-refractivity contribution >= 4 is 17.3 Å². The van der Waals surface area contributed by atoms with E-state index in [1.807, 2.05) is 0 Å². The van der Waals surface area contributed by atoms with Gasteiger partial charge in [-0.1, -0.05) is 149 Å². The third kappa shape index (κ3) is 25.9. The van der Waals surface area contributed by atoms with Crippen LogP contribution >= 0.6 is 12.2 Å². The minimum absolute atomic E-state index is 0.841. The third-order valence-corrected chi connectivity index (χ3v) is 6.57. The van der Waals surface area contributed by atoms with Crippen molar-refractivity contribution < 1.29 is 4.74 Å². The van der Waals surface area contributed by atoms with Crippen LogP contribution in [0.15, 0.2) is 0 Å². The molecule has 0 aliphatic rings. The van der Waals surface area contributed by atoms with Gasteiger partial charge < -0.3 is 4.74 Å². The van der Waals surface area contributed by atoms with Gasteiger partial charge in [-0.05, 0) is 25.1 Å². The molecule has 0 aromatic heterocycles. The maximum absolute atomic E-state index is 5.74. The molecule has 0 unspecified atom stereocenters. The minimum atomic E-state index is 0.841. The van der Waals surface area contributed by atoms with Gasteiger partial charge in [0.2, 0.25) is 0 Å². The first kappa shape index (κ1) is 29.9. The summed E-state index contributed by atoms with van der Waals surface area (Å²) in [6, 6.07) is 0. The standard InChI is InChI=1S/C28H56OS/c1-3-5-7-9-11-12-13-14-15-16-17-18-19-21-23-25-27-29-28(30)26-24-22-20-10-8-6-4-2/h3-27H2,1-2H3. The minimum Gasteiger partial charge on any atom is -0.487 e. The second kappa shape index (κ2) is 26.9. The molecule has 0 atom stereocenters. The van der Waals surface area contributed by atoms with Crippen molar-refractivity contribution in [1.82, 2.24) is 0 Å². The molecule has 0 N–H and O–H groups in total. The Bertz CT molecular complexity index is 329. The summed E-state index contributed by atoms with van der Waals surface area (Å²) in [7, 11) is 0. The lowest BCUT2D eigenvalue weighted by molar-refractivity contribution is 0.290. The maximum atomic E-state index is 5.74. The summed E-state index contributed by atoms with van der Waals surface area (Å²) in [5.74, 6) is 0. The molecule has 0 heterocycles. The first-order valence-corrected chi connectivity index (χ1v) is 14.4. The number of unbranched alkanes of at least 4 members (excludes halogenated alkanes) is 21. The van der Waals surface area contributed by atoms with Crippen LogP contribution in [0.3, 0.4) is 0 Å². The molecular weight excluding hydrogens is 384 g/mol. The van der Waals surface area contributed by atoms with Gasteiger partial charge >= 0.3 is 0 Å².